The normalized spacial score (nSPS) is 25.6. The van der Waals surface area contributed by atoms with Crippen molar-refractivity contribution in [3.05, 3.63) is 42.5 Å². The molecule has 4 heterocycles. The maximum atomic E-state index is 15.3. The van der Waals surface area contributed by atoms with E-state index in [9.17, 15) is 9.50 Å². The molecule has 7 nitrogen and oxygen atoms in total. The fourth-order valence-corrected chi connectivity index (χ4v) is 5.77. The number of phenols is 1. The summed E-state index contributed by atoms with van der Waals surface area (Å²) in [5.41, 5.74) is 1.28. The van der Waals surface area contributed by atoms with Crippen molar-refractivity contribution in [1.29, 1.82) is 0 Å². The van der Waals surface area contributed by atoms with E-state index in [0.29, 0.717) is 33.6 Å². The number of benzene rings is 1. The number of hydrogen-bond acceptors (Lipinski definition) is 8. The first-order valence-electron chi connectivity index (χ1n) is 11.9. The highest BCUT2D eigenvalue weighted by Crippen LogP contribution is 2.40. The summed E-state index contributed by atoms with van der Waals surface area (Å²) in [7, 11) is 0. The molecule has 3 aliphatic rings. The summed E-state index contributed by atoms with van der Waals surface area (Å²) in [6.45, 7) is 0. The van der Waals surface area contributed by atoms with Crippen molar-refractivity contribution in [3.8, 4) is 28.3 Å². The van der Waals surface area contributed by atoms with Gasteiger partial charge in [0.05, 0.1) is 29.0 Å². The molecule has 2 saturated heterocycles. The Bertz CT molecular complexity index is 1240. The highest BCUT2D eigenvalue weighted by atomic mass is 32.2. The van der Waals surface area contributed by atoms with Crippen LogP contribution in [0.3, 0.4) is 0 Å². The molecule has 35 heavy (non-hydrogen) atoms. The predicted molar refractivity (Wildman–Crippen MR) is 131 cm³/mol. The van der Waals surface area contributed by atoms with Gasteiger partial charge in [0.15, 0.2) is 11.6 Å². The number of aromatic hydroxyl groups is 1. The van der Waals surface area contributed by atoms with E-state index in [4.69, 9.17) is 0 Å². The van der Waals surface area contributed by atoms with Crippen LogP contribution in [0.5, 0.6) is 5.75 Å². The number of aromatic nitrogens is 4. The first-order valence-corrected chi connectivity index (χ1v) is 13.2. The summed E-state index contributed by atoms with van der Waals surface area (Å²) in [4.78, 5) is 10.6. The van der Waals surface area contributed by atoms with E-state index < -0.39 is 12.0 Å². The topological polar surface area (TPSA) is 87.1 Å². The maximum Gasteiger partial charge on any atom is 0.185 e. The number of thioether (sulfide) groups is 1. The Morgan fingerprint density at radius 3 is 2.63 bits per heavy atom. The average molecular weight is 497 g/mol. The molecular weight excluding hydrogens is 470 g/mol. The zero-order valence-electron chi connectivity index (χ0n) is 19.2. The van der Waals surface area contributed by atoms with Gasteiger partial charge in [-0.05, 0) is 62.1 Å². The standard InChI is InChI=1S/C25H26F2N6OS/c1-35-23-10-17(18(26)11-28-23)13-2-6-16(21(34)8-13)25-29-12-22(31-32-25)33(15-4-5-15)20-9-14-3-7-19(30-14)24(20)27/h2,6,8,10-12,14-15,19-20,24,30,34H,3-5,7,9H2,1H3/t14-,19+,20+,24-/m0/s1. The van der Waals surface area contributed by atoms with Crippen LogP contribution in [0.15, 0.2) is 41.7 Å². The van der Waals surface area contributed by atoms with E-state index in [0.717, 1.165) is 32.1 Å². The summed E-state index contributed by atoms with van der Waals surface area (Å²) in [6.07, 6.45) is 8.39. The van der Waals surface area contributed by atoms with Crippen molar-refractivity contribution in [2.24, 2.45) is 0 Å². The van der Waals surface area contributed by atoms with Crippen LogP contribution in [0, 0.1) is 5.82 Å². The SMILES string of the molecule is CSc1cc(-c2ccc(-c3ncc(N(C4CC4)[C@@H]4C[C@@H]5CC[C@@H](N5)[C@@H]4F)nn3)c(O)c2)c(F)cn1. The van der Waals surface area contributed by atoms with Crippen LogP contribution in [0.2, 0.25) is 0 Å². The summed E-state index contributed by atoms with van der Waals surface area (Å²) in [5, 5.41) is 23.4. The summed E-state index contributed by atoms with van der Waals surface area (Å²) in [6, 6.07) is 6.82. The van der Waals surface area contributed by atoms with Crippen LogP contribution in [0.4, 0.5) is 14.6 Å². The van der Waals surface area contributed by atoms with Crippen LogP contribution in [-0.4, -0.2) is 61.9 Å². The zero-order chi connectivity index (χ0) is 24.1. The van der Waals surface area contributed by atoms with E-state index >= 15 is 4.39 Å². The molecule has 3 fully saturated rings. The summed E-state index contributed by atoms with van der Waals surface area (Å²) < 4.78 is 29.6. The second-order valence-electron chi connectivity index (χ2n) is 9.51. The molecule has 1 aliphatic carbocycles. The van der Waals surface area contributed by atoms with E-state index in [1.165, 1.54) is 24.0 Å². The van der Waals surface area contributed by atoms with E-state index in [-0.39, 0.29) is 29.7 Å². The second kappa shape index (κ2) is 8.98. The number of hydrogen-bond donors (Lipinski definition) is 2. The molecule has 2 bridgehead atoms. The lowest BCUT2D eigenvalue weighted by Gasteiger charge is -2.40. The Hall–Kier alpha value is -2.85. The molecule has 1 aromatic carbocycles. The van der Waals surface area contributed by atoms with E-state index in [2.05, 4.69) is 30.4 Å². The van der Waals surface area contributed by atoms with E-state index in [1.54, 1.807) is 24.4 Å². The number of phenolic OH excluding ortho intramolecular Hbond substituents is 1. The second-order valence-corrected chi connectivity index (χ2v) is 10.3. The lowest BCUT2D eigenvalue weighted by Crippen LogP contribution is -2.57. The molecule has 0 unspecified atom stereocenters. The molecule has 0 spiro atoms. The van der Waals surface area contributed by atoms with Gasteiger partial charge in [-0.15, -0.1) is 22.0 Å². The highest BCUT2D eigenvalue weighted by molar-refractivity contribution is 7.98. The molecule has 6 rings (SSSR count). The fraction of sp³-hybridized carbons (Fsp3) is 0.440. The number of fused-ring (bicyclic) bond motifs is 2. The first-order chi connectivity index (χ1) is 17.0. The van der Waals surface area contributed by atoms with Crippen molar-refractivity contribution < 1.29 is 13.9 Å². The number of alkyl halides is 1. The Morgan fingerprint density at radius 2 is 1.91 bits per heavy atom. The number of piperidine rings is 1. The van der Waals surface area contributed by atoms with E-state index in [1.807, 2.05) is 6.26 Å². The minimum absolute atomic E-state index is 0.0724. The fourth-order valence-electron chi connectivity index (χ4n) is 5.38. The predicted octanol–water partition coefficient (Wildman–Crippen LogP) is 4.37. The summed E-state index contributed by atoms with van der Waals surface area (Å²) >= 11 is 1.41. The number of pyridine rings is 1. The van der Waals surface area contributed by atoms with Crippen molar-refractivity contribution in [2.75, 3.05) is 11.2 Å². The Balaban J connectivity index is 1.27. The smallest absolute Gasteiger partial charge is 0.185 e. The van der Waals surface area contributed by atoms with Crippen molar-refractivity contribution in [1.82, 2.24) is 25.5 Å². The molecule has 10 heteroatoms. The monoisotopic (exact) mass is 496 g/mol. The third kappa shape index (κ3) is 4.23. The minimum atomic E-state index is -0.951. The molecule has 182 valence electrons. The lowest BCUT2D eigenvalue weighted by molar-refractivity contribution is 0.171. The van der Waals surface area contributed by atoms with Gasteiger partial charge >= 0.3 is 0 Å². The molecule has 4 atom stereocenters. The molecule has 3 aromatic rings. The van der Waals surface area contributed by atoms with Gasteiger partial charge in [-0.3, -0.25) is 0 Å². The van der Waals surface area contributed by atoms with Gasteiger partial charge in [0, 0.05) is 23.7 Å². The van der Waals surface area contributed by atoms with Gasteiger partial charge in [0.1, 0.15) is 17.7 Å². The Labute approximate surface area is 206 Å². The van der Waals surface area contributed by atoms with Gasteiger partial charge in [0.25, 0.3) is 0 Å². The summed E-state index contributed by atoms with van der Waals surface area (Å²) in [5.74, 6) is 0.298. The van der Waals surface area contributed by atoms with Gasteiger partial charge in [0.2, 0.25) is 0 Å². The van der Waals surface area contributed by atoms with Crippen molar-refractivity contribution in [2.45, 2.75) is 67.5 Å². The average Bonchev–Trinajstić information content (AvgIpc) is 3.62. The van der Waals surface area contributed by atoms with Gasteiger partial charge in [-0.25, -0.2) is 18.7 Å². The van der Waals surface area contributed by atoms with Crippen LogP contribution in [-0.2, 0) is 0 Å². The maximum absolute atomic E-state index is 15.3. The van der Waals surface area contributed by atoms with Gasteiger partial charge in [-0.1, -0.05) is 6.07 Å². The van der Waals surface area contributed by atoms with Gasteiger partial charge in [-0.2, -0.15) is 0 Å². The van der Waals surface area contributed by atoms with Gasteiger partial charge < -0.3 is 15.3 Å². The lowest BCUT2D eigenvalue weighted by atomic mass is 9.96. The molecule has 0 radical (unpaired) electrons. The number of nitrogens with one attached hydrogen (secondary N) is 1. The van der Waals surface area contributed by atoms with Crippen LogP contribution in [0.25, 0.3) is 22.5 Å². The number of anilines is 1. The molecular formula is C25H26F2N6OS. The molecule has 2 N–H and O–H groups in total. The zero-order valence-corrected chi connectivity index (χ0v) is 20.1. The molecule has 1 saturated carbocycles. The minimum Gasteiger partial charge on any atom is -0.507 e. The first kappa shape index (κ1) is 22.6. The third-order valence-electron chi connectivity index (χ3n) is 7.25. The van der Waals surface area contributed by atoms with Crippen LogP contribution in [0.1, 0.15) is 32.1 Å². The third-order valence-corrected chi connectivity index (χ3v) is 7.90. The highest BCUT2D eigenvalue weighted by Gasteiger charge is 2.48. The number of nitrogens with zero attached hydrogens (tertiary/aromatic N) is 5. The quantitative estimate of drug-likeness (QED) is 0.487. The number of rotatable bonds is 6. The molecule has 0 amide bonds. The molecule has 2 aromatic heterocycles. The molecule has 2 aliphatic heterocycles. The van der Waals surface area contributed by atoms with Crippen molar-refractivity contribution in [3.63, 3.8) is 0 Å². The van der Waals surface area contributed by atoms with Crippen LogP contribution < -0.4 is 10.2 Å². The Morgan fingerprint density at radius 1 is 1.06 bits per heavy atom. The van der Waals surface area contributed by atoms with Crippen molar-refractivity contribution >= 4 is 17.6 Å². The number of halogens is 2. The van der Waals surface area contributed by atoms with Crippen LogP contribution >= 0.6 is 11.8 Å². The Kier molecular flexibility index (Phi) is 5.80. The largest absolute Gasteiger partial charge is 0.507 e.